The van der Waals surface area contributed by atoms with Gasteiger partial charge < -0.3 is 11.5 Å². The lowest BCUT2D eigenvalue weighted by molar-refractivity contribution is 0.1000. The number of carbonyl (C=O) groups excluding carboxylic acids is 1. The second-order valence-electron chi connectivity index (χ2n) is 5.42. The predicted octanol–water partition coefficient (Wildman–Crippen LogP) is 2.15. The molecule has 0 unspecified atom stereocenters. The van der Waals surface area contributed by atoms with Gasteiger partial charge in [-0.1, -0.05) is 13.3 Å². The van der Waals surface area contributed by atoms with Gasteiger partial charge >= 0.3 is 0 Å². The number of amides is 1. The molecule has 0 radical (unpaired) electrons. The van der Waals surface area contributed by atoms with E-state index in [0.717, 1.165) is 24.6 Å². The van der Waals surface area contributed by atoms with E-state index in [1.165, 1.54) is 19.3 Å². The summed E-state index contributed by atoms with van der Waals surface area (Å²) in [5.74, 6) is 1.63. The average molecular weight is 262 g/mol. The van der Waals surface area contributed by atoms with Crippen molar-refractivity contribution in [3.05, 3.63) is 17.1 Å². The van der Waals surface area contributed by atoms with Crippen LogP contribution in [0.3, 0.4) is 0 Å². The molecule has 0 spiro atoms. The molecule has 19 heavy (non-hydrogen) atoms. The minimum absolute atomic E-state index is 0.215. The van der Waals surface area contributed by atoms with Crippen molar-refractivity contribution in [2.24, 2.45) is 11.7 Å². The van der Waals surface area contributed by atoms with Crippen LogP contribution in [-0.4, -0.2) is 15.9 Å². The van der Waals surface area contributed by atoms with Gasteiger partial charge in [0.2, 0.25) is 0 Å². The highest BCUT2D eigenvalue weighted by Gasteiger charge is 2.25. The lowest BCUT2D eigenvalue weighted by Gasteiger charge is -2.27. The Balaban J connectivity index is 2.21. The zero-order chi connectivity index (χ0) is 14.0. The van der Waals surface area contributed by atoms with Gasteiger partial charge in [0.25, 0.3) is 5.91 Å². The smallest absolute Gasteiger partial charge is 0.254 e. The third kappa shape index (κ3) is 2.85. The van der Waals surface area contributed by atoms with Crippen LogP contribution in [0.4, 0.5) is 5.82 Å². The van der Waals surface area contributed by atoms with E-state index in [0.29, 0.717) is 11.6 Å². The summed E-state index contributed by atoms with van der Waals surface area (Å²) in [6, 6.07) is 0. The van der Waals surface area contributed by atoms with Crippen LogP contribution in [0.2, 0.25) is 0 Å². The summed E-state index contributed by atoms with van der Waals surface area (Å²) < 4.78 is 0. The number of primary amides is 1. The topological polar surface area (TPSA) is 94.9 Å². The summed E-state index contributed by atoms with van der Waals surface area (Å²) in [7, 11) is 0. The maximum Gasteiger partial charge on any atom is 0.254 e. The van der Waals surface area contributed by atoms with Gasteiger partial charge in [0.1, 0.15) is 17.2 Å². The number of hydrogen-bond acceptors (Lipinski definition) is 4. The maximum absolute atomic E-state index is 11.3. The number of nitrogens with zero attached hydrogens (tertiary/aromatic N) is 2. The lowest BCUT2D eigenvalue weighted by atomic mass is 9.80. The summed E-state index contributed by atoms with van der Waals surface area (Å²) in [6.45, 7) is 4.00. The first-order chi connectivity index (χ1) is 9.02. The zero-order valence-corrected chi connectivity index (χ0v) is 11.6. The summed E-state index contributed by atoms with van der Waals surface area (Å²) in [4.78, 5) is 20.0. The minimum atomic E-state index is -0.559. The molecule has 104 valence electrons. The van der Waals surface area contributed by atoms with Crippen molar-refractivity contribution >= 4 is 11.7 Å². The minimum Gasteiger partial charge on any atom is -0.383 e. The van der Waals surface area contributed by atoms with Gasteiger partial charge in [0.05, 0.1) is 5.69 Å². The quantitative estimate of drug-likeness (QED) is 0.872. The van der Waals surface area contributed by atoms with E-state index in [1.807, 2.05) is 0 Å². The third-order valence-electron chi connectivity index (χ3n) is 4.17. The van der Waals surface area contributed by atoms with Gasteiger partial charge in [-0.15, -0.1) is 0 Å². The van der Waals surface area contributed by atoms with Crippen LogP contribution < -0.4 is 11.5 Å². The second kappa shape index (κ2) is 5.55. The number of nitrogens with two attached hydrogens (primary N) is 2. The highest BCUT2D eigenvalue weighted by Crippen LogP contribution is 2.36. The normalized spacial score (nSPS) is 23.3. The summed E-state index contributed by atoms with van der Waals surface area (Å²) in [6.07, 6.45) is 5.90. The first-order valence-electron chi connectivity index (χ1n) is 6.96. The van der Waals surface area contributed by atoms with Gasteiger partial charge in [-0.25, -0.2) is 9.97 Å². The van der Waals surface area contributed by atoms with Gasteiger partial charge in [0.15, 0.2) is 0 Å². The fourth-order valence-electron chi connectivity index (χ4n) is 2.93. The molecule has 4 N–H and O–H groups in total. The van der Waals surface area contributed by atoms with Crippen molar-refractivity contribution in [1.29, 1.82) is 0 Å². The predicted molar refractivity (Wildman–Crippen MR) is 74.7 cm³/mol. The van der Waals surface area contributed by atoms with Crippen molar-refractivity contribution in [2.45, 2.75) is 51.9 Å². The molecule has 0 bridgehead atoms. The zero-order valence-electron chi connectivity index (χ0n) is 11.6. The number of anilines is 1. The molecule has 1 aromatic heterocycles. The molecule has 0 aromatic carbocycles. The van der Waals surface area contributed by atoms with Crippen molar-refractivity contribution in [2.75, 3.05) is 5.73 Å². The van der Waals surface area contributed by atoms with Crippen LogP contribution in [0, 0.1) is 12.8 Å². The van der Waals surface area contributed by atoms with E-state index in [-0.39, 0.29) is 11.4 Å². The molecule has 5 nitrogen and oxygen atoms in total. The number of aromatic nitrogens is 2. The highest BCUT2D eigenvalue weighted by molar-refractivity contribution is 5.98. The Kier molecular flexibility index (Phi) is 4.02. The Labute approximate surface area is 113 Å². The summed E-state index contributed by atoms with van der Waals surface area (Å²) in [5.41, 5.74) is 12.0. The monoisotopic (exact) mass is 262 g/mol. The van der Waals surface area contributed by atoms with Gasteiger partial charge in [0, 0.05) is 5.92 Å². The number of rotatable bonds is 3. The fraction of sp³-hybridized carbons (Fsp3) is 0.643. The molecule has 1 saturated carbocycles. The summed E-state index contributed by atoms with van der Waals surface area (Å²) >= 11 is 0. The molecule has 1 fully saturated rings. The fourth-order valence-corrected chi connectivity index (χ4v) is 2.93. The van der Waals surface area contributed by atoms with Crippen LogP contribution in [0.5, 0.6) is 0 Å². The molecule has 0 atom stereocenters. The van der Waals surface area contributed by atoms with E-state index >= 15 is 0 Å². The van der Waals surface area contributed by atoms with Crippen molar-refractivity contribution in [1.82, 2.24) is 9.97 Å². The molecule has 1 aliphatic rings. The average Bonchev–Trinajstić information content (AvgIpc) is 2.37. The largest absolute Gasteiger partial charge is 0.383 e. The SMILES string of the molecule is CCC1CCC(c2nc(C)c(C(N)=O)c(N)n2)CC1. The molecule has 1 heterocycles. The van der Waals surface area contributed by atoms with Crippen LogP contribution in [0.15, 0.2) is 0 Å². The van der Waals surface area contributed by atoms with Crippen molar-refractivity contribution < 1.29 is 4.79 Å². The molecule has 5 heteroatoms. The first kappa shape index (κ1) is 13.8. The van der Waals surface area contributed by atoms with E-state index in [4.69, 9.17) is 11.5 Å². The van der Waals surface area contributed by atoms with Crippen molar-refractivity contribution in [3.63, 3.8) is 0 Å². The molecule has 0 saturated heterocycles. The third-order valence-corrected chi connectivity index (χ3v) is 4.17. The number of aryl methyl sites for hydroxylation is 1. The van der Waals surface area contributed by atoms with Crippen LogP contribution in [0.1, 0.15) is 66.8 Å². The maximum atomic E-state index is 11.3. The molecule has 2 rings (SSSR count). The Morgan fingerprint density at radius 3 is 2.37 bits per heavy atom. The highest BCUT2D eigenvalue weighted by atomic mass is 16.1. The van der Waals surface area contributed by atoms with Gasteiger partial charge in [-0.2, -0.15) is 0 Å². The molecule has 1 aromatic rings. The number of nitrogen functional groups attached to an aromatic ring is 1. The van der Waals surface area contributed by atoms with Crippen LogP contribution in [0.25, 0.3) is 0 Å². The Hall–Kier alpha value is -1.65. The van der Waals surface area contributed by atoms with Crippen LogP contribution >= 0.6 is 0 Å². The molecular formula is C14H22N4O. The van der Waals surface area contributed by atoms with E-state index in [2.05, 4.69) is 16.9 Å². The van der Waals surface area contributed by atoms with E-state index in [9.17, 15) is 4.79 Å². The van der Waals surface area contributed by atoms with Gasteiger partial charge in [-0.3, -0.25) is 4.79 Å². The summed E-state index contributed by atoms with van der Waals surface area (Å²) in [5, 5.41) is 0. The molecular weight excluding hydrogens is 240 g/mol. The van der Waals surface area contributed by atoms with Gasteiger partial charge in [-0.05, 0) is 38.5 Å². The van der Waals surface area contributed by atoms with E-state index < -0.39 is 5.91 Å². The standard InChI is InChI=1S/C14H22N4O/c1-3-9-4-6-10(7-5-9)14-17-8(2)11(13(16)19)12(15)18-14/h9-10H,3-7H2,1-2H3,(H2,16,19)(H2,15,17,18). The van der Waals surface area contributed by atoms with E-state index in [1.54, 1.807) is 6.92 Å². The molecule has 0 aliphatic heterocycles. The number of hydrogen-bond donors (Lipinski definition) is 2. The lowest BCUT2D eigenvalue weighted by Crippen LogP contribution is -2.21. The Morgan fingerprint density at radius 1 is 1.26 bits per heavy atom. The second-order valence-corrected chi connectivity index (χ2v) is 5.42. The first-order valence-corrected chi connectivity index (χ1v) is 6.96. The number of carbonyl (C=O) groups is 1. The van der Waals surface area contributed by atoms with Crippen LogP contribution in [-0.2, 0) is 0 Å². The molecule has 1 aliphatic carbocycles. The Morgan fingerprint density at radius 2 is 1.89 bits per heavy atom. The van der Waals surface area contributed by atoms with Crippen molar-refractivity contribution in [3.8, 4) is 0 Å². The molecule has 1 amide bonds. The Bertz CT molecular complexity index is 455.